The van der Waals surface area contributed by atoms with Crippen molar-refractivity contribution in [1.82, 2.24) is 4.90 Å². The number of aliphatic hydroxyl groups excluding tert-OH is 2. The second-order valence-electron chi connectivity index (χ2n) is 4.88. The quantitative estimate of drug-likeness (QED) is 0.860. The fourth-order valence-electron chi connectivity index (χ4n) is 2.19. The summed E-state index contributed by atoms with van der Waals surface area (Å²) < 4.78 is 5.48. The minimum atomic E-state index is -0.635. The van der Waals surface area contributed by atoms with Crippen molar-refractivity contribution in [2.45, 2.75) is 18.9 Å². The molecule has 2 N–H and O–H groups in total. The number of amides is 1. The molecule has 2 rings (SSSR count). The largest absolute Gasteiger partial charge is 0.486 e. The highest BCUT2D eigenvalue weighted by atomic mass is 16.5. The van der Waals surface area contributed by atoms with Gasteiger partial charge in [0.05, 0.1) is 19.1 Å². The van der Waals surface area contributed by atoms with Gasteiger partial charge in [-0.15, -0.1) is 0 Å². The minimum Gasteiger partial charge on any atom is -0.486 e. The fraction of sp³-hybridized carbons (Fsp3) is 0.400. The number of benzene rings is 1. The third-order valence-electron chi connectivity index (χ3n) is 3.43. The number of hydrogen-bond acceptors (Lipinski definition) is 4. The summed E-state index contributed by atoms with van der Waals surface area (Å²) >= 11 is 0. The van der Waals surface area contributed by atoms with Crippen LogP contribution in [-0.4, -0.2) is 47.4 Å². The summed E-state index contributed by atoms with van der Waals surface area (Å²) in [6, 6.07) is 5.41. The third kappa shape index (κ3) is 2.84. The van der Waals surface area contributed by atoms with Gasteiger partial charge in [-0.2, -0.15) is 0 Å². The molecule has 0 spiro atoms. The second kappa shape index (κ2) is 6.07. The number of ether oxygens (including phenoxy) is 1. The predicted octanol–water partition coefficient (Wildman–Crippen LogP) is 0.965. The lowest BCUT2D eigenvalue weighted by molar-refractivity contribution is -0.128. The average molecular weight is 277 g/mol. The molecule has 0 aliphatic carbocycles. The van der Waals surface area contributed by atoms with Crippen LogP contribution in [0.4, 0.5) is 0 Å². The molecule has 1 aromatic carbocycles. The SMILES string of the molecule is C[C@H]1C(=O)N(C)C=Cc2cc(OC(CO)CO)ccc21. The van der Waals surface area contributed by atoms with Crippen molar-refractivity contribution < 1.29 is 19.7 Å². The fourth-order valence-corrected chi connectivity index (χ4v) is 2.19. The molecule has 0 saturated heterocycles. The van der Waals surface area contributed by atoms with Crippen LogP contribution in [0.5, 0.6) is 5.75 Å². The molecular weight excluding hydrogens is 258 g/mol. The summed E-state index contributed by atoms with van der Waals surface area (Å²) in [4.78, 5) is 13.6. The van der Waals surface area contributed by atoms with Gasteiger partial charge in [0.2, 0.25) is 5.91 Å². The van der Waals surface area contributed by atoms with Crippen molar-refractivity contribution in [2.24, 2.45) is 0 Å². The number of hydrogen-bond donors (Lipinski definition) is 2. The van der Waals surface area contributed by atoms with Crippen LogP contribution < -0.4 is 4.74 Å². The van der Waals surface area contributed by atoms with Crippen LogP contribution in [0, 0.1) is 0 Å². The van der Waals surface area contributed by atoms with Gasteiger partial charge in [0.25, 0.3) is 0 Å². The lowest BCUT2D eigenvalue weighted by Crippen LogP contribution is -2.25. The van der Waals surface area contributed by atoms with E-state index in [4.69, 9.17) is 14.9 Å². The van der Waals surface area contributed by atoms with Gasteiger partial charge in [0.1, 0.15) is 11.9 Å². The summed E-state index contributed by atoms with van der Waals surface area (Å²) in [5.74, 6) is 0.383. The molecule has 5 heteroatoms. The number of aliphatic hydroxyl groups is 2. The highest BCUT2D eigenvalue weighted by molar-refractivity contribution is 5.87. The molecule has 1 heterocycles. The number of carbonyl (C=O) groups excluding carboxylic acids is 1. The topological polar surface area (TPSA) is 70.0 Å². The maximum Gasteiger partial charge on any atom is 0.233 e. The van der Waals surface area contributed by atoms with Gasteiger partial charge in [-0.25, -0.2) is 0 Å². The summed E-state index contributed by atoms with van der Waals surface area (Å²) in [6.07, 6.45) is 2.95. The Morgan fingerprint density at radius 2 is 2.05 bits per heavy atom. The van der Waals surface area contributed by atoms with Crippen molar-refractivity contribution >= 4 is 12.0 Å². The number of carbonyl (C=O) groups is 1. The molecule has 1 aromatic rings. The van der Waals surface area contributed by atoms with Gasteiger partial charge in [-0.05, 0) is 36.3 Å². The first-order valence-electron chi connectivity index (χ1n) is 6.54. The van der Waals surface area contributed by atoms with Crippen molar-refractivity contribution in [3.05, 3.63) is 35.5 Å². The van der Waals surface area contributed by atoms with E-state index in [0.717, 1.165) is 11.1 Å². The molecule has 0 aromatic heterocycles. The van der Waals surface area contributed by atoms with Crippen LogP contribution in [0.2, 0.25) is 0 Å². The standard InChI is InChI=1S/C15H19NO4/c1-10-14-4-3-12(20-13(8-17)9-18)7-11(14)5-6-16(2)15(10)19/h3-7,10,13,17-18H,8-9H2,1-2H3/t10-/m1/s1. The molecule has 20 heavy (non-hydrogen) atoms. The van der Waals surface area contributed by atoms with E-state index in [1.807, 2.05) is 25.1 Å². The number of nitrogens with zero attached hydrogens (tertiary/aromatic N) is 1. The van der Waals surface area contributed by atoms with Crippen LogP contribution in [0.15, 0.2) is 24.4 Å². The van der Waals surface area contributed by atoms with E-state index in [2.05, 4.69) is 0 Å². The first-order valence-corrected chi connectivity index (χ1v) is 6.54. The molecule has 108 valence electrons. The Morgan fingerprint density at radius 1 is 1.35 bits per heavy atom. The van der Waals surface area contributed by atoms with Gasteiger partial charge >= 0.3 is 0 Å². The number of rotatable bonds is 4. The zero-order valence-corrected chi connectivity index (χ0v) is 11.6. The Labute approximate surface area is 118 Å². The van der Waals surface area contributed by atoms with E-state index in [1.165, 1.54) is 0 Å². The summed E-state index contributed by atoms with van der Waals surface area (Å²) in [5.41, 5.74) is 1.84. The van der Waals surface area contributed by atoms with Crippen molar-refractivity contribution in [2.75, 3.05) is 20.3 Å². The van der Waals surface area contributed by atoms with Crippen molar-refractivity contribution in [3.8, 4) is 5.75 Å². The Kier molecular flexibility index (Phi) is 4.42. The van der Waals surface area contributed by atoms with Gasteiger partial charge in [0.15, 0.2) is 0 Å². The Balaban J connectivity index is 2.31. The highest BCUT2D eigenvalue weighted by Gasteiger charge is 2.23. The van der Waals surface area contributed by atoms with Crippen LogP contribution in [0.25, 0.3) is 6.08 Å². The van der Waals surface area contributed by atoms with E-state index < -0.39 is 6.10 Å². The monoisotopic (exact) mass is 277 g/mol. The molecule has 1 atom stereocenters. The molecule has 5 nitrogen and oxygen atoms in total. The summed E-state index contributed by atoms with van der Waals surface area (Å²) in [7, 11) is 1.73. The van der Waals surface area contributed by atoms with Gasteiger partial charge in [0, 0.05) is 13.2 Å². The molecule has 0 bridgehead atoms. The van der Waals surface area contributed by atoms with E-state index in [9.17, 15) is 4.79 Å². The van der Waals surface area contributed by atoms with Crippen LogP contribution >= 0.6 is 0 Å². The van der Waals surface area contributed by atoms with Gasteiger partial charge in [-0.3, -0.25) is 4.79 Å². The Hall–Kier alpha value is -1.85. The first-order chi connectivity index (χ1) is 9.56. The van der Waals surface area contributed by atoms with E-state index in [1.54, 1.807) is 24.2 Å². The molecular formula is C15H19NO4. The van der Waals surface area contributed by atoms with Crippen LogP contribution in [0.1, 0.15) is 24.0 Å². The number of fused-ring (bicyclic) bond motifs is 1. The smallest absolute Gasteiger partial charge is 0.233 e. The Bertz CT molecular complexity index is 523. The highest BCUT2D eigenvalue weighted by Crippen LogP contribution is 2.29. The zero-order valence-electron chi connectivity index (χ0n) is 11.6. The maximum absolute atomic E-state index is 12.0. The lowest BCUT2D eigenvalue weighted by Gasteiger charge is -2.18. The van der Waals surface area contributed by atoms with E-state index in [0.29, 0.717) is 5.75 Å². The normalized spacial score (nSPS) is 18.1. The average Bonchev–Trinajstić information content (AvgIpc) is 2.57. The van der Waals surface area contributed by atoms with Gasteiger partial charge in [-0.1, -0.05) is 6.07 Å². The molecule has 0 radical (unpaired) electrons. The first kappa shape index (κ1) is 14.6. The summed E-state index contributed by atoms with van der Waals surface area (Å²) in [5, 5.41) is 18.1. The molecule has 1 aliphatic rings. The molecule has 0 saturated carbocycles. The third-order valence-corrected chi connectivity index (χ3v) is 3.43. The van der Waals surface area contributed by atoms with Crippen molar-refractivity contribution in [1.29, 1.82) is 0 Å². The predicted molar refractivity (Wildman–Crippen MR) is 75.2 cm³/mol. The zero-order chi connectivity index (χ0) is 14.7. The van der Waals surface area contributed by atoms with Gasteiger partial charge < -0.3 is 19.8 Å². The minimum absolute atomic E-state index is 0.0391. The number of likely N-dealkylation sites (N-methyl/N-ethyl adjacent to an activating group) is 1. The van der Waals surface area contributed by atoms with Crippen LogP contribution in [-0.2, 0) is 4.79 Å². The van der Waals surface area contributed by atoms with Crippen molar-refractivity contribution in [3.63, 3.8) is 0 Å². The lowest BCUT2D eigenvalue weighted by atomic mass is 9.95. The molecule has 0 fully saturated rings. The van der Waals surface area contributed by atoms with E-state index >= 15 is 0 Å². The Morgan fingerprint density at radius 3 is 2.70 bits per heavy atom. The second-order valence-corrected chi connectivity index (χ2v) is 4.88. The van der Waals surface area contributed by atoms with Crippen LogP contribution in [0.3, 0.4) is 0 Å². The maximum atomic E-state index is 12.0. The molecule has 1 amide bonds. The summed E-state index contributed by atoms with van der Waals surface area (Å²) in [6.45, 7) is 1.37. The van der Waals surface area contributed by atoms with E-state index in [-0.39, 0.29) is 25.0 Å². The molecule has 0 unspecified atom stereocenters. The molecule has 1 aliphatic heterocycles.